The van der Waals surface area contributed by atoms with E-state index in [1.807, 2.05) is 39.0 Å². The Morgan fingerprint density at radius 2 is 1.93 bits per heavy atom. The zero-order valence-electron chi connectivity index (χ0n) is 24.9. The molecule has 2 aromatic rings. The van der Waals surface area contributed by atoms with Gasteiger partial charge in [-0.3, -0.25) is 0 Å². The molecule has 1 amide bonds. The largest absolute Gasteiger partial charge is 0.444 e. The smallest absolute Gasteiger partial charge is 0.410 e. The van der Waals surface area contributed by atoms with Crippen molar-refractivity contribution < 1.29 is 22.6 Å². The van der Waals surface area contributed by atoms with Crippen LogP contribution in [0.15, 0.2) is 35.0 Å². The van der Waals surface area contributed by atoms with Crippen LogP contribution in [0.4, 0.5) is 4.79 Å². The van der Waals surface area contributed by atoms with Crippen LogP contribution >= 0.6 is 10.8 Å². The standard InChI is InChI=1S/C28H43N7O5S/c1-7-35(8-2)41(38-19-39-41)18-21-16-25(34-11-13-37-14-12-34)32-26(30-21)23-10-9-22-24(31-23)15-20(29-22)17-33(6)27(36)40-28(3,4)5/h9-10,15-16,26,29-30H,7-8,11-14,17-19H2,1-6H3. The lowest BCUT2D eigenvalue weighted by Gasteiger charge is -2.56. The zero-order valence-corrected chi connectivity index (χ0v) is 25.8. The maximum atomic E-state index is 12.5. The number of rotatable bonds is 8. The first-order valence-corrected chi connectivity index (χ1v) is 15.8. The Morgan fingerprint density at radius 3 is 2.56 bits per heavy atom. The number of H-pyrrole nitrogens is 1. The number of pyridine rings is 1. The van der Waals surface area contributed by atoms with E-state index in [1.165, 1.54) is 0 Å². The van der Waals surface area contributed by atoms with Crippen LogP contribution in [-0.4, -0.2) is 101 Å². The average Bonchev–Trinajstić information content (AvgIpc) is 3.33. The van der Waals surface area contributed by atoms with Crippen LogP contribution in [0.3, 0.4) is 0 Å². The van der Waals surface area contributed by atoms with Gasteiger partial charge in [-0.15, -0.1) is 10.8 Å². The molecule has 2 N–H and O–H groups in total. The minimum Gasteiger partial charge on any atom is -0.444 e. The number of ether oxygens (including phenoxy) is 2. The molecule has 0 radical (unpaired) electrons. The average molecular weight is 590 g/mol. The number of hydrogen-bond donors (Lipinski definition) is 2. The minimum absolute atomic E-state index is 0.324. The number of amidine groups is 1. The monoisotopic (exact) mass is 589 g/mol. The first kappa shape index (κ1) is 29.6. The Kier molecular flexibility index (Phi) is 8.81. The highest BCUT2D eigenvalue weighted by Crippen LogP contribution is 2.61. The number of carbonyl (C=O) groups excluding carboxylic acids is 1. The first-order valence-electron chi connectivity index (χ1n) is 14.2. The number of hydrogen-bond acceptors (Lipinski definition) is 10. The number of nitrogens with one attached hydrogen (secondary N) is 2. The predicted octanol–water partition coefficient (Wildman–Crippen LogP) is 4.04. The highest BCUT2D eigenvalue weighted by molar-refractivity contribution is 8.24. The van der Waals surface area contributed by atoms with Gasteiger partial charge >= 0.3 is 6.09 Å². The summed E-state index contributed by atoms with van der Waals surface area (Å²) >= 11 is 0. The minimum atomic E-state index is -1.82. The molecule has 2 aromatic heterocycles. The van der Waals surface area contributed by atoms with Crippen LogP contribution in [-0.2, 0) is 24.4 Å². The number of aliphatic imine (C=N–C) groups is 1. The number of carbonyl (C=O) groups is 1. The molecule has 1 atom stereocenters. The van der Waals surface area contributed by atoms with E-state index in [1.54, 1.807) is 11.9 Å². The van der Waals surface area contributed by atoms with Crippen molar-refractivity contribution in [1.29, 1.82) is 0 Å². The Hall–Kier alpha value is -2.84. The molecular formula is C28H43N7O5S. The van der Waals surface area contributed by atoms with E-state index in [2.05, 4.69) is 39.4 Å². The number of nitrogens with zero attached hydrogens (tertiary/aromatic N) is 5. The van der Waals surface area contributed by atoms with Crippen LogP contribution in [0.1, 0.15) is 52.2 Å². The molecule has 0 aliphatic carbocycles. The SMILES string of the molecule is CCN(CC)S1(CC2=CC(N3CCOCC3)=NC(c3ccc4[nH]c(CN(C)C(=O)OC(C)(C)C)cc4n3)N2)OCO1. The molecule has 0 spiro atoms. The van der Waals surface area contributed by atoms with E-state index < -0.39 is 16.4 Å². The lowest BCUT2D eigenvalue weighted by molar-refractivity contribution is 0.0251. The Bertz CT molecular complexity index is 1290. The van der Waals surface area contributed by atoms with Gasteiger partial charge in [0.05, 0.1) is 42.2 Å². The van der Waals surface area contributed by atoms with Crippen molar-refractivity contribution >= 4 is 33.7 Å². The molecule has 13 heteroatoms. The van der Waals surface area contributed by atoms with Crippen LogP contribution in [0.25, 0.3) is 11.0 Å². The summed E-state index contributed by atoms with van der Waals surface area (Å²) < 4.78 is 25.5. The van der Waals surface area contributed by atoms with Crippen molar-refractivity contribution in [1.82, 2.24) is 29.4 Å². The van der Waals surface area contributed by atoms with E-state index in [4.69, 9.17) is 27.8 Å². The molecule has 3 aliphatic heterocycles. The van der Waals surface area contributed by atoms with Gasteiger partial charge in [0.1, 0.15) is 11.4 Å². The van der Waals surface area contributed by atoms with Gasteiger partial charge in [-0.1, -0.05) is 13.8 Å². The number of fused-ring (bicyclic) bond motifs is 1. The van der Waals surface area contributed by atoms with Gasteiger partial charge in [0.2, 0.25) is 0 Å². The molecule has 0 saturated carbocycles. The van der Waals surface area contributed by atoms with E-state index in [-0.39, 0.29) is 12.3 Å². The lowest BCUT2D eigenvalue weighted by atomic mass is 10.2. The van der Waals surface area contributed by atoms with Crippen LogP contribution in [0.5, 0.6) is 0 Å². The van der Waals surface area contributed by atoms with Gasteiger partial charge in [-0.05, 0) is 39.0 Å². The topological polar surface area (TPSA) is 117 Å². The van der Waals surface area contributed by atoms with Crippen molar-refractivity contribution in [2.45, 2.75) is 52.9 Å². The number of aromatic nitrogens is 2. The molecule has 226 valence electrons. The quantitative estimate of drug-likeness (QED) is 0.471. The van der Waals surface area contributed by atoms with Gasteiger partial charge in [0, 0.05) is 50.7 Å². The highest BCUT2D eigenvalue weighted by atomic mass is 32.3. The molecule has 0 bridgehead atoms. The van der Waals surface area contributed by atoms with Crippen LogP contribution < -0.4 is 5.32 Å². The third-order valence-electron chi connectivity index (χ3n) is 7.07. The summed E-state index contributed by atoms with van der Waals surface area (Å²) in [5.74, 6) is 1.54. The van der Waals surface area contributed by atoms with Gasteiger partial charge in [-0.2, -0.15) is 0 Å². The summed E-state index contributed by atoms with van der Waals surface area (Å²) in [7, 11) is -0.0969. The van der Waals surface area contributed by atoms with E-state index in [0.29, 0.717) is 32.3 Å². The Morgan fingerprint density at radius 1 is 1.20 bits per heavy atom. The van der Waals surface area contributed by atoms with Crippen LogP contribution in [0, 0.1) is 0 Å². The summed E-state index contributed by atoms with van der Waals surface area (Å²) in [6, 6.07) is 5.98. The lowest BCUT2D eigenvalue weighted by Crippen LogP contribution is -2.45. The second kappa shape index (κ2) is 12.2. The van der Waals surface area contributed by atoms with Crippen molar-refractivity contribution in [2.75, 3.05) is 59.0 Å². The Labute approximate surface area is 243 Å². The summed E-state index contributed by atoms with van der Waals surface area (Å²) in [6.45, 7) is 15.2. The summed E-state index contributed by atoms with van der Waals surface area (Å²) in [6.07, 6.45) is 1.38. The van der Waals surface area contributed by atoms with Crippen molar-refractivity contribution in [3.8, 4) is 0 Å². The fraction of sp³-hybridized carbons (Fsp3) is 0.607. The third-order valence-corrected chi connectivity index (χ3v) is 9.98. The van der Waals surface area contributed by atoms with Gasteiger partial charge in [0.15, 0.2) is 13.0 Å². The molecule has 5 heterocycles. The molecule has 5 rings (SSSR count). The number of aromatic amines is 1. The second-order valence-corrected chi connectivity index (χ2v) is 13.7. The fourth-order valence-electron chi connectivity index (χ4n) is 5.04. The normalized spacial score (nSPS) is 21.5. The van der Waals surface area contributed by atoms with Crippen molar-refractivity contribution in [3.05, 3.63) is 41.4 Å². The summed E-state index contributed by atoms with van der Waals surface area (Å²) in [5.41, 5.74) is 3.85. The van der Waals surface area contributed by atoms with Gasteiger partial charge < -0.3 is 29.6 Å². The van der Waals surface area contributed by atoms with E-state index in [0.717, 1.165) is 60.1 Å². The summed E-state index contributed by atoms with van der Waals surface area (Å²) in [5, 5.41) is 3.61. The Balaban J connectivity index is 1.38. The van der Waals surface area contributed by atoms with Crippen LogP contribution in [0.2, 0.25) is 0 Å². The predicted molar refractivity (Wildman–Crippen MR) is 160 cm³/mol. The molecule has 3 aliphatic rings. The maximum absolute atomic E-state index is 12.5. The molecule has 1 unspecified atom stereocenters. The third kappa shape index (κ3) is 6.81. The number of morpholine rings is 1. The number of amides is 1. The van der Waals surface area contributed by atoms with E-state index in [9.17, 15) is 4.79 Å². The van der Waals surface area contributed by atoms with Gasteiger partial charge in [-0.25, -0.2) is 27.4 Å². The molecule has 0 aromatic carbocycles. The molecular weight excluding hydrogens is 546 g/mol. The van der Waals surface area contributed by atoms with Crippen molar-refractivity contribution in [3.63, 3.8) is 0 Å². The van der Waals surface area contributed by atoms with Crippen molar-refractivity contribution in [2.24, 2.45) is 4.99 Å². The second-order valence-electron chi connectivity index (χ2n) is 11.3. The molecule has 2 fully saturated rings. The van der Waals surface area contributed by atoms with E-state index >= 15 is 0 Å². The highest BCUT2D eigenvalue weighted by Gasteiger charge is 2.38. The first-order chi connectivity index (χ1) is 19.6. The maximum Gasteiger partial charge on any atom is 0.410 e. The molecule has 41 heavy (non-hydrogen) atoms. The van der Waals surface area contributed by atoms with Gasteiger partial charge in [0.25, 0.3) is 0 Å². The summed E-state index contributed by atoms with van der Waals surface area (Å²) in [4.78, 5) is 29.7. The fourth-order valence-corrected chi connectivity index (χ4v) is 7.35. The molecule has 12 nitrogen and oxygen atoms in total. The molecule has 2 saturated heterocycles. The zero-order chi connectivity index (χ0) is 29.2.